The summed E-state index contributed by atoms with van der Waals surface area (Å²) in [4.78, 5) is 14.8. The van der Waals surface area contributed by atoms with E-state index in [4.69, 9.17) is 4.74 Å². The van der Waals surface area contributed by atoms with E-state index in [2.05, 4.69) is 10.0 Å². The number of morpholine rings is 1. The maximum atomic E-state index is 12.9. The third-order valence-corrected chi connectivity index (χ3v) is 7.44. The van der Waals surface area contributed by atoms with Gasteiger partial charge in [0.15, 0.2) is 0 Å². The molecule has 8 heteroatoms. The van der Waals surface area contributed by atoms with Crippen molar-refractivity contribution in [3.05, 3.63) is 59.7 Å². The van der Waals surface area contributed by atoms with E-state index in [1.807, 2.05) is 55.1 Å². The van der Waals surface area contributed by atoms with Gasteiger partial charge in [-0.2, -0.15) is 0 Å². The highest BCUT2D eigenvalue weighted by Crippen LogP contribution is 2.21. The number of amides is 1. The predicted octanol–water partition coefficient (Wildman–Crippen LogP) is 4.09. The minimum atomic E-state index is -3.46. The van der Waals surface area contributed by atoms with Crippen LogP contribution in [0.3, 0.4) is 0 Å². The fourth-order valence-corrected chi connectivity index (χ4v) is 4.24. The Balaban J connectivity index is 1.61. The monoisotopic (exact) mass is 459 g/mol. The van der Waals surface area contributed by atoms with Gasteiger partial charge in [0, 0.05) is 36.6 Å². The van der Waals surface area contributed by atoms with Gasteiger partial charge in [-0.15, -0.1) is 0 Å². The number of hydrogen-bond donors (Lipinski definition) is 2. The van der Waals surface area contributed by atoms with E-state index in [9.17, 15) is 13.2 Å². The van der Waals surface area contributed by atoms with Crippen LogP contribution in [-0.4, -0.2) is 49.3 Å². The van der Waals surface area contributed by atoms with Crippen molar-refractivity contribution in [3.8, 4) is 0 Å². The van der Waals surface area contributed by atoms with Crippen LogP contribution in [0.25, 0.3) is 0 Å². The summed E-state index contributed by atoms with van der Waals surface area (Å²) in [5, 5.41) is 3.33. The number of ether oxygens (including phenoxy) is 1. The van der Waals surface area contributed by atoms with E-state index in [1.54, 1.807) is 32.9 Å². The molecule has 32 heavy (non-hydrogen) atoms. The van der Waals surface area contributed by atoms with Crippen LogP contribution in [0.1, 0.15) is 50.5 Å². The molecule has 1 amide bonds. The van der Waals surface area contributed by atoms with Crippen LogP contribution >= 0.6 is 0 Å². The van der Waals surface area contributed by atoms with Crippen molar-refractivity contribution in [1.29, 1.82) is 0 Å². The van der Waals surface area contributed by atoms with Gasteiger partial charge in [-0.25, -0.2) is 8.42 Å². The minimum absolute atomic E-state index is 0.00568. The average Bonchev–Trinajstić information content (AvgIpc) is 2.71. The molecule has 0 aliphatic carbocycles. The van der Waals surface area contributed by atoms with Crippen molar-refractivity contribution in [3.63, 3.8) is 0 Å². The van der Waals surface area contributed by atoms with Crippen LogP contribution in [0.2, 0.25) is 0 Å². The van der Waals surface area contributed by atoms with E-state index >= 15 is 0 Å². The molecule has 174 valence electrons. The summed E-state index contributed by atoms with van der Waals surface area (Å²) >= 11 is 0. The smallest absolute Gasteiger partial charge is 0.254 e. The lowest BCUT2D eigenvalue weighted by Crippen LogP contribution is -2.48. The van der Waals surface area contributed by atoms with Gasteiger partial charge < -0.3 is 15.0 Å². The second kappa shape index (κ2) is 9.50. The van der Waals surface area contributed by atoms with Crippen LogP contribution in [-0.2, 0) is 21.3 Å². The molecule has 3 rings (SSSR count). The van der Waals surface area contributed by atoms with Crippen LogP contribution in [0, 0.1) is 0 Å². The normalized spacial score (nSPS) is 19.5. The molecule has 0 aromatic heterocycles. The van der Waals surface area contributed by atoms with Crippen molar-refractivity contribution >= 4 is 27.3 Å². The highest BCUT2D eigenvalue weighted by molar-refractivity contribution is 7.94. The molecular weight excluding hydrogens is 426 g/mol. The molecule has 2 unspecified atom stereocenters. The topological polar surface area (TPSA) is 87.7 Å². The van der Waals surface area contributed by atoms with Gasteiger partial charge in [0.2, 0.25) is 10.0 Å². The summed E-state index contributed by atoms with van der Waals surface area (Å²) in [5.74, 6) is 0.00568. The second-order valence-electron chi connectivity index (χ2n) is 9.32. The summed E-state index contributed by atoms with van der Waals surface area (Å²) in [7, 11) is -3.46. The van der Waals surface area contributed by atoms with Gasteiger partial charge >= 0.3 is 0 Å². The Kier molecular flexibility index (Phi) is 7.15. The first-order valence-electron chi connectivity index (χ1n) is 10.8. The zero-order chi connectivity index (χ0) is 23.5. The van der Waals surface area contributed by atoms with Gasteiger partial charge in [-0.3, -0.25) is 9.52 Å². The summed E-state index contributed by atoms with van der Waals surface area (Å²) < 4.78 is 32.0. The van der Waals surface area contributed by atoms with Gasteiger partial charge in [0.1, 0.15) is 0 Å². The zero-order valence-corrected chi connectivity index (χ0v) is 20.2. The van der Waals surface area contributed by atoms with E-state index in [0.717, 1.165) is 11.3 Å². The highest BCUT2D eigenvalue weighted by atomic mass is 32.2. The van der Waals surface area contributed by atoms with Crippen molar-refractivity contribution in [1.82, 2.24) is 4.90 Å². The molecule has 0 bridgehead atoms. The Morgan fingerprint density at radius 2 is 1.66 bits per heavy atom. The molecule has 7 nitrogen and oxygen atoms in total. The number of sulfonamides is 1. The Bertz CT molecular complexity index is 1040. The molecule has 2 atom stereocenters. The first kappa shape index (κ1) is 24.1. The number of carbonyl (C=O) groups is 1. The molecule has 1 aliphatic heterocycles. The number of nitrogens with zero attached hydrogens (tertiary/aromatic N) is 1. The predicted molar refractivity (Wildman–Crippen MR) is 128 cm³/mol. The SMILES string of the molecule is CC1CN(C(=O)c2cccc(NCc3ccc(NS(=O)(=O)C(C)(C)C)cc3)c2)CC(C)O1. The fourth-order valence-electron chi connectivity index (χ4n) is 3.49. The number of rotatable bonds is 6. The third-order valence-electron chi connectivity index (χ3n) is 5.33. The highest BCUT2D eigenvalue weighted by Gasteiger charge is 2.29. The van der Waals surface area contributed by atoms with Crippen molar-refractivity contribution in [2.45, 2.75) is 58.1 Å². The zero-order valence-electron chi connectivity index (χ0n) is 19.4. The Morgan fingerprint density at radius 1 is 1.03 bits per heavy atom. The first-order chi connectivity index (χ1) is 14.9. The van der Waals surface area contributed by atoms with Crippen LogP contribution in [0.4, 0.5) is 11.4 Å². The summed E-state index contributed by atoms with van der Waals surface area (Å²) in [5.41, 5.74) is 3.02. The molecule has 2 aromatic carbocycles. The van der Waals surface area contributed by atoms with Crippen molar-refractivity contribution in [2.24, 2.45) is 0 Å². The Hall–Kier alpha value is -2.58. The number of nitrogens with one attached hydrogen (secondary N) is 2. The second-order valence-corrected chi connectivity index (χ2v) is 11.8. The number of anilines is 2. The van der Waals surface area contributed by atoms with E-state index in [1.165, 1.54) is 0 Å². The molecular formula is C24H33N3O4S. The Morgan fingerprint density at radius 3 is 2.25 bits per heavy atom. The van der Waals surface area contributed by atoms with Crippen LogP contribution in [0.5, 0.6) is 0 Å². The molecule has 1 saturated heterocycles. The third kappa shape index (κ3) is 6.01. The lowest BCUT2D eigenvalue weighted by molar-refractivity contribution is -0.0586. The van der Waals surface area contributed by atoms with E-state index < -0.39 is 14.8 Å². The summed E-state index contributed by atoms with van der Waals surface area (Å²) in [6, 6.07) is 14.7. The summed E-state index contributed by atoms with van der Waals surface area (Å²) in [6.45, 7) is 10.7. The van der Waals surface area contributed by atoms with E-state index in [0.29, 0.717) is 30.9 Å². The maximum absolute atomic E-state index is 12.9. The van der Waals surface area contributed by atoms with E-state index in [-0.39, 0.29) is 18.1 Å². The molecule has 1 fully saturated rings. The van der Waals surface area contributed by atoms with Crippen molar-refractivity contribution < 1.29 is 17.9 Å². The lowest BCUT2D eigenvalue weighted by atomic mass is 10.1. The molecule has 1 heterocycles. The van der Waals surface area contributed by atoms with Gasteiger partial charge in [0.25, 0.3) is 5.91 Å². The van der Waals surface area contributed by atoms with Crippen LogP contribution < -0.4 is 10.0 Å². The quantitative estimate of drug-likeness (QED) is 0.679. The number of hydrogen-bond acceptors (Lipinski definition) is 5. The molecule has 1 aliphatic rings. The lowest BCUT2D eigenvalue weighted by Gasteiger charge is -2.35. The standard InChI is InChI=1S/C24H33N3O4S/c1-17-15-27(16-18(2)31-17)23(28)20-7-6-8-22(13-20)25-14-19-9-11-21(12-10-19)26-32(29,30)24(3,4)5/h6-13,17-18,25-26H,14-16H2,1-5H3. The molecule has 0 radical (unpaired) electrons. The molecule has 2 N–H and O–H groups in total. The fraction of sp³-hybridized carbons (Fsp3) is 0.458. The largest absolute Gasteiger partial charge is 0.381 e. The number of benzene rings is 2. The molecule has 0 spiro atoms. The maximum Gasteiger partial charge on any atom is 0.254 e. The van der Waals surface area contributed by atoms with Crippen LogP contribution in [0.15, 0.2) is 48.5 Å². The van der Waals surface area contributed by atoms with Gasteiger partial charge in [-0.05, 0) is 70.5 Å². The minimum Gasteiger partial charge on any atom is -0.381 e. The molecule has 2 aromatic rings. The average molecular weight is 460 g/mol. The first-order valence-corrected chi connectivity index (χ1v) is 12.3. The summed E-state index contributed by atoms with van der Waals surface area (Å²) in [6.07, 6.45) is 0.0553. The van der Waals surface area contributed by atoms with Gasteiger partial charge in [-0.1, -0.05) is 18.2 Å². The van der Waals surface area contributed by atoms with Crippen molar-refractivity contribution in [2.75, 3.05) is 23.1 Å². The molecule has 0 saturated carbocycles. The van der Waals surface area contributed by atoms with Gasteiger partial charge in [0.05, 0.1) is 17.0 Å². The number of carbonyl (C=O) groups excluding carboxylic acids is 1. The Labute approximate surface area is 191 Å².